The standard InChI is InChI=1S/C9H10ClN3S/c10-9-2-1-8(14-9)6-5-12-13-7(6)3-4-11/h1-2,5H,3-4,11H2,(H,12,13). The van der Waals surface area contributed by atoms with E-state index in [1.54, 1.807) is 11.3 Å². The lowest BCUT2D eigenvalue weighted by Crippen LogP contribution is -2.03. The maximum atomic E-state index is 5.87. The third-order valence-electron chi connectivity index (χ3n) is 1.95. The minimum Gasteiger partial charge on any atom is -0.330 e. The van der Waals surface area contributed by atoms with Gasteiger partial charge in [-0.05, 0) is 18.7 Å². The normalized spacial score (nSPS) is 10.7. The molecule has 3 nitrogen and oxygen atoms in total. The second-order valence-corrected chi connectivity index (χ2v) is 4.62. The van der Waals surface area contributed by atoms with Crippen LogP contribution in [-0.4, -0.2) is 16.7 Å². The van der Waals surface area contributed by atoms with Gasteiger partial charge in [0.05, 0.1) is 10.5 Å². The molecule has 0 fully saturated rings. The third-order valence-corrected chi connectivity index (χ3v) is 3.22. The number of hydrogen-bond acceptors (Lipinski definition) is 3. The number of H-pyrrole nitrogens is 1. The van der Waals surface area contributed by atoms with E-state index in [1.165, 1.54) is 0 Å². The second kappa shape index (κ2) is 4.13. The van der Waals surface area contributed by atoms with Gasteiger partial charge >= 0.3 is 0 Å². The van der Waals surface area contributed by atoms with Crippen LogP contribution in [-0.2, 0) is 6.42 Å². The molecule has 0 amide bonds. The van der Waals surface area contributed by atoms with Crippen molar-refractivity contribution in [2.45, 2.75) is 6.42 Å². The number of nitrogens with two attached hydrogens (primary N) is 1. The summed E-state index contributed by atoms with van der Waals surface area (Å²) in [5, 5.41) is 6.96. The number of rotatable bonds is 3. The van der Waals surface area contributed by atoms with Crippen molar-refractivity contribution in [2.75, 3.05) is 6.54 Å². The van der Waals surface area contributed by atoms with Crippen molar-refractivity contribution >= 4 is 22.9 Å². The summed E-state index contributed by atoms with van der Waals surface area (Å²) in [6, 6.07) is 3.89. The topological polar surface area (TPSA) is 54.7 Å². The van der Waals surface area contributed by atoms with Crippen LogP contribution in [0.3, 0.4) is 0 Å². The van der Waals surface area contributed by atoms with Crippen LogP contribution in [0, 0.1) is 0 Å². The molecule has 0 radical (unpaired) electrons. The molecule has 0 aliphatic heterocycles. The van der Waals surface area contributed by atoms with Crippen molar-refractivity contribution in [3.8, 4) is 10.4 Å². The fourth-order valence-electron chi connectivity index (χ4n) is 1.32. The Morgan fingerprint density at radius 1 is 1.50 bits per heavy atom. The van der Waals surface area contributed by atoms with Crippen LogP contribution in [0.4, 0.5) is 0 Å². The van der Waals surface area contributed by atoms with E-state index in [0.717, 1.165) is 26.9 Å². The number of aromatic nitrogens is 2. The number of halogens is 1. The van der Waals surface area contributed by atoms with Gasteiger partial charge in [-0.15, -0.1) is 11.3 Å². The predicted molar refractivity (Wildman–Crippen MR) is 59.7 cm³/mol. The van der Waals surface area contributed by atoms with Gasteiger partial charge in [0.2, 0.25) is 0 Å². The molecule has 2 rings (SSSR count). The lowest BCUT2D eigenvalue weighted by Gasteiger charge is -1.97. The summed E-state index contributed by atoms with van der Waals surface area (Å²) in [6.07, 6.45) is 2.62. The smallest absolute Gasteiger partial charge is 0.0934 e. The van der Waals surface area contributed by atoms with Gasteiger partial charge in [-0.2, -0.15) is 5.10 Å². The van der Waals surface area contributed by atoms with Crippen LogP contribution in [0.15, 0.2) is 18.3 Å². The Morgan fingerprint density at radius 2 is 2.36 bits per heavy atom. The fourth-order valence-corrected chi connectivity index (χ4v) is 2.40. The maximum absolute atomic E-state index is 5.87. The van der Waals surface area contributed by atoms with E-state index in [0.29, 0.717) is 6.54 Å². The second-order valence-electron chi connectivity index (χ2n) is 2.90. The molecule has 0 saturated carbocycles. The molecule has 0 aliphatic carbocycles. The van der Waals surface area contributed by atoms with Gasteiger partial charge < -0.3 is 5.73 Å². The van der Waals surface area contributed by atoms with Crippen molar-refractivity contribution in [2.24, 2.45) is 5.73 Å². The molecule has 0 saturated heterocycles. The number of thiophene rings is 1. The van der Waals surface area contributed by atoms with Crippen LogP contribution >= 0.6 is 22.9 Å². The number of hydrogen-bond donors (Lipinski definition) is 2. The summed E-state index contributed by atoms with van der Waals surface area (Å²) in [5.74, 6) is 0. The van der Waals surface area contributed by atoms with Crippen molar-refractivity contribution < 1.29 is 0 Å². The monoisotopic (exact) mass is 227 g/mol. The average molecular weight is 228 g/mol. The molecule has 3 N–H and O–H groups in total. The summed E-state index contributed by atoms with van der Waals surface area (Å²) in [4.78, 5) is 1.13. The molecule has 0 unspecified atom stereocenters. The van der Waals surface area contributed by atoms with E-state index in [9.17, 15) is 0 Å². The molecular weight excluding hydrogens is 218 g/mol. The molecule has 2 aromatic rings. The van der Waals surface area contributed by atoms with Gasteiger partial charge in [0, 0.05) is 22.6 Å². The highest BCUT2D eigenvalue weighted by Gasteiger charge is 2.08. The predicted octanol–water partition coefficient (Wildman–Crippen LogP) is 2.29. The van der Waals surface area contributed by atoms with E-state index in [-0.39, 0.29) is 0 Å². The first-order valence-electron chi connectivity index (χ1n) is 4.29. The molecule has 0 aromatic carbocycles. The Labute approximate surface area is 90.9 Å². The quantitative estimate of drug-likeness (QED) is 0.846. The molecule has 0 aliphatic rings. The minimum atomic E-state index is 0.619. The van der Waals surface area contributed by atoms with Crippen LogP contribution in [0.25, 0.3) is 10.4 Å². The Bertz CT molecular complexity index is 421. The van der Waals surface area contributed by atoms with E-state index in [2.05, 4.69) is 10.2 Å². The highest BCUT2D eigenvalue weighted by atomic mass is 35.5. The number of aromatic amines is 1. The fraction of sp³-hybridized carbons (Fsp3) is 0.222. The van der Waals surface area contributed by atoms with Gasteiger partial charge in [0.15, 0.2) is 0 Å². The Morgan fingerprint density at radius 3 is 3.00 bits per heavy atom. The van der Waals surface area contributed by atoms with Crippen LogP contribution in [0.2, 0.25) is 4.34 Å². The molecule has 5 heteroatoms. The Balaban J connectivity index is 2.36. The van der Waals surface area contributed by atoms with E-state index in [4.69, 9.17) is 17.3 Å². The van der Waals surface area contributed by atoms with Gasteiger partial charge in [-0.3, -0.25) is 5.10 Å². The summed E-state index contributed by atoms with van der Waals surface area (Å²) in [6.45, 7) is 0.619. The Hall–Kier alpha value is -0.840. The lowest BCUT2D eigenvalue weighted by atomic mass is 10.2. The van der Waals surface area contributed by atoms with Gasteiger partial charge in [0.25, 0.3) is 0 Å². The van der Waals surface area contributed by atoms with Gasteiger partial charge in [0.1, 0.15) is 0 Å². The number of nitrogens with zero attached hydrogens (tertiary/aromatic N) is 1. The van der Waals surface area contributed by atoms with Crippen LogP contribution in [0.1, 0.15) is 5.69 Å². The zero-order chi connectivity index (χ0) is 9.97. The molecule has 74 valence electrons. The van der Waals surface area contributed by atoms with Crippen LogP contribution < -0.4 is 5.73 Å². The molecule has 14 heavy (non-hydrogen) atoms. The summed E-state index contributed by atoms with van der Waals surface area (Å²) >= 11 is 7.42. The van der Waals surface area contributed by atoms with E-state index >= 15 is 0 Å². The van der Waals surface area contributed by atoms with Gasteiger partial charge in [-0.25, -0.2) is 0 Å². The SMILES string of the molecule is NCCc1[nH]ncc1-c1ccc(Cl)s1. The van der Waals surface area contributed by atoms with E-state index in [1.807, 2.05) is 18.3 Å². The van der Waals surface area contributed by atoms with Crippen molar-refractivity contribution in [3.63, 3.8) is 0 Å². The number of nitrogens with one attached hydrogen (secondary N) is 1. The van der Waals surface area contributed by atoms with Crippen molar-refractivity contribution in [3.05, 3.63) is 28.4 Å². The van der Waals surface area contributed by atoms with Crippen molar-refractivity contribution in [1.82, 2.24) is 10.2 Å². The molecule has 2 heterocycles. The summed E-state index contributed by atoms with van der Waals surface area (Å²) < 4.78 is 0.792. The minimum absolute atomic E-state index is 0.619. The lowest BCUT2D eigenvalue weighted by molar-refractivity contribution is 0.903. The Kier molecular flexibility index (Phi) is 2.86. The molecule has 0 bridgehead atoms. The summed E-state index contributed by atoms with van der Waals surface area (Å²) in [7, 11) is 0. The highest BCUT2D eigenvalue weighted by Crippen LogP contribution is 2.32. The third kappa shape index (κ3) is 1.82. The molecule has 0 atom stereocenters. The first-order chi connectivity index (χ1) is 6.81. The highest BCUT2D eigenvalue weighted by molar-refractivity contribution is 7.19. The first kappa shape index (κ1) is 9.71. The molecular formula is C9H10ClN3S. The zero-order valence-corrected chi connectivity index (χ0v) is 9.03. The largest absolute Gasteiger partial charge is 0.330 e. The molecule has 0 spiro atoms. The molecule has 2 aromatic heterocycles. The average Bonchev–Trinajstić information content (AvgIpc) is 2.74. The maximum Gasteiger partial charge on any atom is 0.0934 e. The van der Waals surface area contributed by atoms with Crippen LogP contribution in [0.5, 0.6) is 0 Å². The van der Waals surface area contributed by atoms with Crippen molar-refractivity contribution in [1.29, 1.82) is 0 Å². The zero-order valence-electron chi connectivity index (χ0n) is 7.46. The first-order valence-corrected chi connectivity index (χ1v) is 5.48. The van der Waals surface area contributed by atoms with E-state index < -0.39 is 0 Å². The summed E-state index contributed by atoms with van der Waals surface area (Å²) in [5.41, 5.74) is 7.68. The van der Waals surface area contributed by atoms with Gasteiger partial charge in [-0.1, -0.05) is 11.6 Å².